The average Bonchev–Trinajstić information content (AvgIpc) is 3.49. The number of rotatable bonds is 9. The molecule has 37 heavy (non-hydrogen) atoms. The van der Waals surface area contributed by atoms with E-state index in [2.05, 4.69) is 6.58 Å². The van der Waals surface area contributed by atoms with Gasteiger partial charge in [0.1, 0.15) is 23.9 Å². The van der Waals surface area contributed by atoms with E-state index in [1.54, 1.807) is 74.9 Å². The van der Waals surface area contributed by atoms with Crippen molar-refractivity contribution in [1.82, 2.24) is 0 Å². The Balaban J connectivity index is 1.67. The van der Waals surface area contributed by atoms with Gasteiger partial charge in [-0.2, -0.15) is 0 Å². The highest BCUT2D eigenvalue weighted by molar-refractivity contribution is 6.20. The minimum absolute atomic E-state index is 0.0980. The quantitative estimate of drug-likeness (QED) is 0.340. The lowest BCUT2D eigenvalue weighted by molar-refractivity contribution is -0.185. The number of carbonyl (C=O) groups excluding carboxylic acids is 1. The first kappa shape index (κ1) is 24.3. The van der Waals surface area contributed by atoms with Crippen molar-refractivity contribution in [3.05, 3.63) is 95.6 Å². The average molecular weight is 503 g/mol. The van der Waals surface area contributed by atoms with Crippen molar-refractivity contribution in [1.29, 1.82) is 0 Å². The SMILES string of the molecule is C=CCOc1cc(OC)ccc1CC1=C(c2ccc3c(c2)OCO3)C(=O)OC1(O)c1ccc(OC)cc1. The van der Waals surface area contributed by atoms with E-state index in [-0.39, 0.29) is 25.4 Å². The number of hydrogen-bond acceptors (Lipinski definition) is 8. The van der Waals surface area contributed by atoms with E-state index in [4.69, 9.17) is 28.4 Å². The molecule has 1 unspecified atom stereocenters. The standard InChI is InChI=1S/C29H26O8/c1-4-13-34-25-16-22(33-3)9-5-18(25)14-23-27(19-6-12-24-26(15-19)36-17-35-24)28(30)37-29(23,31)20-7-10-21(32-2)11-8-20/h4-12,15-16,31H,1,13-14,17H2,2-3H3. The second-order valence-electron chi connectivity index (χ2n) is 8.43. The number of carbonyl (C=O) groups is 1. The minimum atomic E-state index is -2.02. The van der Waals surface area contributed by atoms with Gasteiger partial charge in [0.15, 0.2) is 11.5 Å². The molecular weight excluding hydrogens is 476 g/mol. The van der Waals surface area contributed by atoms with Gasteiger partial charge >= 0.3 is 5.97 Å². The number of fused-ring (bicyclic) bond motifs is 1. The Bertz CT molecular complexity index is 1380. The van der Waals surface area contributed by atoms with Crippen LogP contribution in [0.5, 0.6) is 28.7 Å². The molecule has 0 bridgehead atoms. The van der Waals surface area contributed by atoms with E-state index in [9.17, 15) is 9.90 Å². The molecule has 2 heterocycles. The molecule has 8 heteroatoms. The Morgan fingerprint density at radius 3 is 2.43 bits per heavy atom. The molecule has 3 aromatic carbocycles. The van der Waals surface area contributed by atoms with Gasteiger partial charge in [0.25, 0.3) is 5.79 Å². The van der Waals surface area contributed by atoms with Gasteiger partial charge in [-0.1, -0.05) is 24.8 Å². The summed E-state index contributed by atoms with van der Waals surface area (Å²) in [5, 5.41) is 11.9. The summed E-state index contributed by atoms with van der Waals surface area (Å²) in [4.78, 5) is 13.3. The van der Waals surface area contributed by atoms with Crippen molar-refractivity contribution in [2.45, 2.75) is 12.2 Å². The molecule has 2 aliphatic heterocycles. The highest BCUT2D eigenvalue weighted by Crippen LogP contribution is 2.47. The predicted octanol–water partition coefficient (Wildman–Crippen LogP) is 4.40. The molecule has 0 amide bonds. The van der Waals surface area contributed by atoms with Gasteiger partial charge in [0.05, 0.1) is 19.8 Å². The second kappa shape index (κ2) is 9.91. The van der Waals surface area contributed by atoms with E-state index in [0.29, 0.717) is 45.4 Å². The molecule has 0 aromatic heterocycles. The fourth-order valence-electron chi connectivity index (χ4n) is 4.42. The van der Waals surface area contributed by atoms with Gasteiger partial charge in [-0.25, -0.2) is 4.79 Å². The Morgan fingerprint density at radius 2 is 1.70 bits per heavy atom. The number of methoxy groups -OCH3 is 2. The van der Waals surface area contributed by atoms with Crippen LogP contribution in [-0.2, 0) is 21.7 Å². The van der Waals surface area contributed by atoms with E-state index in [1.807, 2.05) is 6.07 Å². The minimum Gasteiger partial charge on any atom is -0.497 e. The Kier molecular flexibility index (Phi) is 6.50. The summed E-state index contributed by atoms with van der Waals surface area (Å²) in [7, 11) is 3.12. The van der Waals surface area contributed by atoms with Crippen LogP contribution >= 0.6 is 0 Å². The van der Waals surface area contributed by atoms with Gasteiger partial charge < -0.3 is 33.5 Å². The van der Waals surface area contributed by atoms with Crippen molar-refractivity contribution < 1.29 is 38.3 Å². The molecule has 0 saturated heterocycles. The van der Waals surface area contributed by atoms with E-state index < -0.39 is 11.8 Å². The Hall–Kier alpha value is -4.43. The Labute approximate surface area is 214 Å². The first-order valence-corrected chi connectivity index (χ1v) is 11.6. The lowest BCUT2D eigenvalue weighted by Gasteiger charge is -2.26. The first-order valence-electron chi connectivity index (χ1n) is 11.6. The van der Waals surface area contributed by atoms with Crippen LogP contribution in [0.2, 0.25) is 0 Å². The van der Waals surface area contributed by atoms with Crippen LogP contribution in [-0.4, -0.2) is 38.7 Å². The number of benzene rings is 3. The zero-order chi connectivity index (χ0) is 26.0. The van der Waals surface area contributed by atoms with Crippen LogP contribution in [0, 0.1) is 0 Å². The molecule has 0 spiro atoms. The second-order valence-corrected chi connectivity index (χ2v) is 8.43. The zero-order valence-electron chi connectivity index (χ0n) is 20.5. The maximum Gasteiger partial charge on any atom is 0.342 e. The highest BCUT2D eigenvalue weighted by Gasteiger charge is 2.48. The van der Waals surface area contributed by atoms with Crippen molar-refractivity contribution in [3.63, 3.8) is 0 Å². The fraction of sp³-hybridized carbons (Fsp3) is 0.207. The highest BCUT2D eigenvalue weighted by atomic mass is 16.7. The van der Waals surface area contributed by atoms with Gasteiger partial charge in [0, 0.05) is 23.6 Å². The number of ether oxygens (including phenoxy) is 6. The summed E-state index contributed by atoms with van der Waals surface area (Å²) in [5.74, 6) is 0.160. The van der Waals surface area contributed by atoms with Crippen LogP contribution in [0.4, 0.5) is 0 Å². The summed E-state index contributed by atoms with van der Waals surface area (Å²) in [5.41, 5.74) is 2.24. The molecule has 0 fully saturated rings. The molecule has 3 aromatic rings. The van der Waals surface area contributed by atoms with Gasteiger partial charge in [-0.05, 0) is 53.6 Å². The molecule has 0 saturated carbocycles. The third-order valence-corrected chi connectivity index (χ3v) is 6.30. The molecular formula is C29H26O8. The molecule has 190 valence electrons. The lowest BCUT2D eigenvalue weighted by atomic mass is 9.87. The largest absolute Gasteiger partial charge is 0.497 e. The number of cyclic esters (lactones) is 1. The van der Waals surface area contributed by atoms with Crippen LogP contribution in [0.15, 0.2) is 78.9 Å². The topological polar surface area (TPSA) is 92.7 Å². The lowest BCUT2D eigenvalue weighted by Crippen LogP contribution is -2.29. The van der Waals surface area contributed by atoms with E-state index in [0.717, 1.165) is 5.56 Å². The van der Waals surface area contributed by atoms with Crippen LogP contribution in [0.3, 0.4) is 0 Å². The van der Waals surface area contributed by atoms with E-state index in [1.165, 1.54) is 0 Å². The first-order chi connectivity index (χ1) is 18.0. The third kappa shape index (κ3) is 4.47. The zero-order valence-corrected chi connectivity index (χ0v) is 20.5. The Morgan fingerprint density at radius 1 is 0.973 bits per heavy atom. The maximum atomic E-state index is 13.3. The summed E-state index contributed by atoms with van der Waals surface area (Å²) in [6, 6.07) is 17.3. The summed E-state index contributed by atoms with van der Waals surface area (Å²) in [6.45, 7) is 4.08. The number of aliphatic hydroxyl groups is 1. The van der Waals surface area contributed by atoms with Crippen LogP contribution < -0.4 is 23.7 Å². The fourth-order valence-corrected chi connectivity index (χ4v) is 4.42. The predicted molar refractivity (Wildman–Crippen MR) is 135 cm³/mol. The molecule has 5 rings (SSSR count). The molecule has 0 radical (unpaired) electrons. The van der Waals surface area contributed by atoms with Crippen LogP contribution in [0.25, 0.3) is 5.57 Å². The van der Waals surface area contributed by atoms with Crippen LogP contribution in [0.1, 0.15) is 16.7 Å². The molecule has 0 aliphatic carbocycles. The van der Waals surface area contributed by atoms with Crippen molar-refractivity contribution in [2.75, 3.05) is 27.6 Å². The summed E-state index contributed by atoms with van der Waals surface area (Å²) in [6.07, 6.45) is 1.78. The van der Waals surface area contributed by atoms with E-state index >= 15 is 0 Å². The molecule has 1 N–H and O–H groups in total. The van der Waals surface area contributed by atoms with Gasteiger partial charge in [-0.15, -0.1) is 0 Å². The third-order valence-electron chi connectivity index (χ3n) is 6.30. The molecule has 2 aliphatic rings. The molecule has 8 nitrogen and oxygen atoms in total. The maximum absolute atomic E-state index is 13.3. The van der Waals surface area contributed by atoms with Crippen molar-refractivity contribution in [2.24, 2.45) is 0 Å². The smallest absolute Gasteiger partial charge is 0.342 e. The van der Waals surface area contributed by atoms with Gasteiger partial charge in [0.2, 0.25) is 6.79 Å². The monoisotopic (exact) mass is 502 g/mol. The van der Waals surface area contributed by atoms with Crippen molar-refractivity contribution >= 4 is 11.5 Å². The summed E-state index contributed by atoms with van der Waals surface area (Å²) < 4.78 is 33.1. The molecule has 1 atom stereocenters. The van der Waals surface area contributed by atoms with Crippen molar-refractivity contribution in [3.8, 4) is 28.7 Å². The normalized spacial score (nSPS) is 18.0. The number of hydrogen-bond donors (Lipinski definition) is 1. The summed E-state index contributed by atoms with van der Waals surface area (Å²) >= 11 is 0. The number of esters is 1. The van der Waals surface area contributed by atoms with Gasteiger partial charge in [-0.3, -0.25) is 0 Å².